The Balaban J connectivity index is 1.94. The molecule has 2 nitrogen and oxygen atoms in total. The van der Waals surface area contributed by atoms with E-state index in [1.165, 1.54) is 32.1 Å². The van der Waals surface area contributed by atoms with Crippen LogP contribution in [0.25, 0.3) is 0 Å². The van der Waals surface area contributed by atoms with Crippen molar-refractivity contribution in [2.24, 2.45) is 5.92 Å². The fourth-order valence-electron chi connectivity index (χ4n) is 2.83. The van der Waals surface area contributed by atoms with Gasteiger partial charge in [0, 0.05) is 18.5 Å². The summed E-state index contributed by atoms with van der Waals surface area (Å²) in [6.45, 7) is 3.21. The third kappa shape index (κ3) is 1.94. The zero-order valence-electron chi connectivity index (χ0n) is 9.17. The van der Waals surface area contributed by atoms with Gasteiger partial charge in [-0.3, -0.25) is 4.79 Å². The summed E-state index contributed by atoms with van der Waals surface area (Å²) in [7, 11) is 0. The van der Waals surface area contributed by atoms with Gasteiger partial charge in [0.05, 0.1) is 0 Å². The van der Waals surface area contributed by atoms with E-state index in [1.54, 1.807) is 0 Å². The third-order valence-corrected chi connectivity index (χ3v) is 3.79. The van der Waals surface area contributed by atoms with Gasteiger partial charge in [0.25, 0.3) is 0 Å². The van der Waals surface area contributed by atoms with E-state index in [1.807, 2.05) is 0 Å². The lowest BCUT2D eigenvalue weighted by atomic mass is 9.99. The van der Waals surface area contributed by atoms with E-state index in [4.69, 9.17) is 0 Å². The highest BCUT2D eigenvalue weighted by Crippen LogP contribution is 2.29. The molecule has 1 unspecified atom stereocenters. The second-order valence-electron chi connectivity index (χ2n) is 4.86. The highest BCUT2D eigenvalue weighted by atomic mass is 16.2. The van der Waals surface area contributed by atoms with Gasteiger partial charge in [-0.25, -0.2) is 0 Å². The number of amides is 1. The highest BCUT2D eigenvalue weighted by molar-refractivity contribution is 5.79. The largest absolute Gasteiger partial charge is 0.340 e. The molecule has 1 aliphatic heterocycles. The molecule has 1 atom stereocenters. The normalized spacial score (nSPS) is 29.5. The van der Waals surface area contributed by atoms with E-state index in [0.717, 1.165) is 19.4 Å². The number of carbonyl (C=O) groups is 1. The smallest absolute Gasteiger partial charge is 0.225 e. The van der Waals surface area contributed by atoms with Gasteiger partial charge in [0.15, 0.2) is 0 Å². The molecule has 0 radical (unpaired) electrons. The van der Waals surface area contributed by atoms with Crippen molar-refractivity contribution in [1.82, 2.24) is 4.90 Å². The van der Waals surface area contributed by atoms with E-state index in [-0.39, 0.29) is 0 Å². The minimum atomic E-state index is 0.371. The molecule has 2 aliphatic rings. The van der Waals surface area contributed by atoms with Crippen molar-refractivity contribution < 1.29 is 4.79 Å². The fourth-order valence-corrected chi connectivity index (χ4v) is 2.83. The van der Waals surface area contributed by atoms with E-state index in [2.05, 4.69) is 11.8 Å². The monoisotopic (exact) mass is 195 g/mol. The molecule has 2 fully saturated rings. The molecule has 0 N–H and O–H groups in total. The molecule has 1 heterocycles. The number of likely N-dealkylation sites (tertiary alicyclic amines) is 1. The zero-order chi connectivity index (χ0) is 9.97. The van der Waals surface area contributed by atoms with E-state index >= 15 is 0 Å². The summed E-state index contributed by atoms with van der Waals surface area (Å²) in [5.41, 5.74) is 0. The Labute approximate surface area is 86.7 Å². The lowest BCUT2D eigenvalue weighted by Gasteiger charge is -2.35. The molecule has 1 aliphatic carbocycles. The summed E-state index contributed by atoms with van der Waals surface area (Å²) < 4.78 is 0. The van der Waals surface area contributed by atoms with Gasteiger partial charge in [0.1, 0.15) is 0 Å². The Morgan fingerprint density at radius 3 is 2.36 bits per heavy atom. The van der Waals surface area contributed by atoms with Gasteiger partial charge in [-0.2, -0.15) is 0 Å². The van der Waals surface area contributed by atoms with Crippen LogP contribution in [0.2, 0.25) is 0 Å². The van der Waals surface area contributed by atoms with E-state index in [9.17, 15) is 4.79 Å². The van der Waals surface area contributed by atoms with Crippen molar-refractivity contribution in [3.8, 4) is 0 Å². The van der Waals surface area contributed by atoms with Crippen molar-refractivity contribution in [1.29, 1.82) is 0 Å². The van der Waals surface area contributed by atoms with Crippen LogP contribution in [0.4, 0.5) is 0 Å². The van der Waals surface area contributed by atoms with Crippen LogP contribution in [0.1, 0.15) is 51.9 Å². The molecule has 0 aromatic heterocycles. The predicted octanol–water partition coefficient (Wildman–Crippen LogP) is 2.58. The Bertz CT molecular complexity index is 208. The van der Waals surface area contributed by atoms with E-state index < -0.39 is 0 Å². The average molecular weight is 195 g/mol. The molecule has 14 heavy (non-hydrogen) atoms. The van der Waals surface area contributed by atoms with Gasteiger partial charge >= 0.3 is 0 Å². The molecular formula is C12H21NO. The van der Waals surface area contributed by atoms with Gasteiger partial charge in [-0.05, 0) is 39.0 Å². The number of hydrogen-bond acceptors (Lipinski definition) is 1. The van der Waals surface area contributed by atoms with Crippen molar-refractivity contribution in [3.05, 3.63) is 0 Å². The second-order valence-corrected chi connectivity index (χ2v) is 4.86. The maximum absolute atomic E-state index is 12.1. The van der Waals surface area contributed by atoms with Crippen LogP contribution >= 0.6 is 0 Å². The maximum Gasteiger partial charge on any atom is 0.225 e. The first-order chi connectivity index (χ1) is 6.79. The first-order valence-electron chi connectivity index (χ1n) is 6.09. The minimum Gasteiger partial charge on any atom is -0.340 e. The topological polar surface area (TPSA) is 20.3 Å². The Morgan fingerprint density at radius 2 is 1.71 bits per heavy atom. The van der Waals surface area contributed by atoms with Crippen LogP contribution in [0.15, 0.2) is 0 Å². The van der Waals surface area contributed by atoms with E-state index in [0.29, 0.717) is 17.9 Å². The van der Waals surface area contributed by atoms with Crippen LogP contribution in [-0.4, -0.2) is 23.4 Å². The standard InChI is InChI=1S/C12H21NO/c1-10-6-4-5-9-13(10)12(14)11-7-2-3-8-11/h10-11H,2-9H2,1H3. The van der Waals surface area contributed by atoms with Crippen molar-refractivity contribution >= 4 is 5.91 Å². The Morgan fingerprint density at radius 1 is 1.07 bits per heavy atom. The third-order valence-electron chi connectivity index (χ3n) is 3.79. The summed E-state index contributed by atoms with van der Waals surface area (Å²) in [5.74, 6) is 0.824. The van der Waals surface area contributed by atoms with Crippen LogP contribution in [0.5, 0.6) is 0 Å². The van der Waals surface area contributed by atoms with Crippen molar-refractivity contribution in [3.63, 3.8) is 0 Å². The first kappa shape index (κ1) is 10.0. The second kappa shape index (κ2) is 4.33. The minimum absolute atomic E-state index is 0.371. The average Bonchev–Trinajstić information content (AvgIpc) is 2.70. The number of rotatable bonds is 1. The summed E-state index contributed by atoms with van der Waals surface area (Å²) >= 11 is 0. The number of nitrogens with zero attached hydrogens (tertiary/aromatic N) is 1. The molecule has 80 valence electrons. The summed E-state index contributed by atoms with van der Waals surface area (Å²) in [5, 5.41) is 0. The van der Waals surface area contributed by atoms with Gasteiger partial charge in [-0.15, -0.1) is 0 Å². The highest BCUT2D eigenvalue weighted by Gasteiger charge is 2.30. The van der Waals surface area contributed by atoms with Crippen LogP contribution in [-0.2, 0) is 4.79 Å². The first-order valence-corrected chi connectivity index (χ1v) is 6.09. The fraction of sp³-hybridized carbons (Fsp3) is 0.917. The van der Waals surface area contributed by atoms with Crippen molar-refractivity contribution in [2.45, 2.75) is 57.9 Å². The molecule has 0 spiro atoms. The van der Waals surface area contributed by atoms with Crippen LogP contribution in [0.3, 0.4) is 0 Å². The molecule has 1 saturated carbocycles. The molecule has 2 rings (SSSR count). The number of piperidine rings is 1. The van der Waals surface area contributed by atoms with Gasteiger partial charge < -0.3 is 4.90 Å². The van der Waals surface area contributed by atoms with Gasteiger partial charge in [0.2, 0.25) is 5.91 Å². The van der Waals surface area contributed by atoms with Crippen LogP contribution < -0.4 is 0 Å². The molecular weight excluding hydrogens is 174 g/mol. The molecule has 2 heteroatoms. The van der Waals surface area contributed by atoms with Gasteiger partial charge in [-0.1, -0.05) is 12.8 Å². The maximum atomic E-state index is 12.1. The molecule has 1 saturated heterocycles. The predicted molar refractivity (Wildman–Crippen MR) is 57.0 cm³/mol. The summed E-state index contributed by atoms with van der Waals surface area (Å²) in [6.07, 6.45) is 8.53. The molecule has 1 amide bonds. The van der Waals surface area contributed by atoms with Crippen LogP contribution in [0, 0.1) is 5.92 Å². The molecule has 0 bridgehead atoms. The number of carbonyl (C=O) groups excluding carboxylic acids is 1. The summed E-state index contributed by atoms with van der Waals surface area (Å²) in [4.78, 5) is 14.3. The van der Waals surface area contributed by atoms with Crippen molar-refractivity contribution in [2.75, 3.05) is 6.54 Å². The molecule has 0 aromatic rings. The quantitative estimate of drug-likeness (QED) is 0.629. The zero-order valence-corrected chi connectivity index (χ0v) is 9.17. The Hall–Kier alpha value is -0.530. The SMILES string of the molecule is CC1CCCCN1C(=O)C1CCCC1. The molecule has 0 aromatic carbocycles. The number of hydrogen-bond donors (Lipinski definition) is 0. The Kier molecular flexibility index (Phi) is 3.09. The lowest BCUT2D eigenvalue weighted by molar-refractivity contribution is -0.138. The lowest BCUT2D eigenvalue weighted by Crippen LogP contribution is -2.44. The summed E-state index contributed by atoms with van der Waals surface area (Å²) in [6, 6.07) is 0.497.